The minimum atomic E-state index is -0.963. The molecular formula is C25H25Cl2N3O4. The van der Waals surface area contributed by atoms with Crippen LogP contribution in [0.5, 0.6) is 5.75 Å². The lowest BCUT2D eigenvalue weighted by Gasteiger charge is -2.12. The molecule has 3 aromatic rings. The third-order valence-corrected chi connectivity index (χ3v) is 5.83. The van der Waals surface area contributed by atoms with Crippen LogP contribution in [0.15, 0.2) is 54.6 Å². The largest absolute Gasteiger partial charge is 0.497 e. The van der Waals surface area contributed by atoms with E-state index in [9.17, 15) is 9.59 Å². The van der Waals surface area contributed by atoms with Crippen molar-refractivity contribution < 1.29 is 19.1 Å². The summed E-state index contributed by atoms with van der Waals surface area (Å²) in [7, 11) is 1.59. The van der Waals surface area contributed by atoms with Crippen molar-refractivity contribution in [1.29, 1.82) is 0 Å². The zero-order valence-corrected chi connectivity index (χ0v) is 20.6. The lowest BCUT2D eigenvalue weighted by molar-refractivity contribution is -0.150. The third-order valence-electron chi connectivity index (χ3n) is 5.06. The lowest BCUT2D eigenvalue weighted by atomic mass is 10.2. The summed E-state index contributed by atoms with van der Waals surface area (Å²) in [6.07, 6.45) is 1.79. The second kappa shape index (κ2) is 11.7. The van der Waals surface area contributed by atoms with Crippen molar-refractivity contribution in [2.45, 2.75) is 33.0 Å². The SMILES string of the molecule is COc1ccc(CNC(=O)[C@@H](C)OC(=O)/C=C/c2c(C)nn(Cc3ccccc3Cl)c2Cl)cc1. The Morgan fingerprint density at radius 1 is 1.15 bits per heavy atom. The maximum atomic E-state index is 12.3. The number of methoxy groups -OCH3 is 1. The number of nitrogens with one attached hydrogen (secondary N) is 1. The molecule has 9 heteroatoms. The molecule has 0 radical (unpaired) electrons. The Morgan fingerprint density at radius 2 is 1.85 bits per heavy atom. The van der Waals surface area contributed by atoms with Gasteiger partial charge in [-0.25, -0.2) is 9.48 Å². The average Bonchev–Trinajstić information content (AvgIpc) is 3.09. The van der Waals surface area contributed by atoms with E-state index in [1.165, 1.54) is 19.1 Å². The van der Waals surface area contributed by atoms with E-state index in [1.807, 2.05) is 30.3 Å². The summed E-state index contributed by atoms with van der Waals surface area (Å²) in [5.74, 6) is -0.338. The van der Waals surface area contributed by atoms with E-state index in [2.05, 4.69) is 10.4 Å². The van der Waals surface area contributed by atoms with Crippen LogP contribution in [0.1, 0.15) is 29.3 Å². The first kappa shape index (κ1) is 25.3. The normalized spacial score (nSPS) is 11.9. The highest BCUT2D eigenvalue weighted by molar-refractivity contribution is 6.32. The standard InChI is InChI=1S/C25H25Cl2N3O4/c1-16-21(24(27)30(29-16)15-19-6-4-5-7-22(19)26)12-13-23(31)34-17(2)25(32)28-14-18-8-10-20(33-3)11-9-18/h4-13,17H,14-15H2,1-3H3,(H,28,32)/b13-12+/t17-/m1/s1. The van der Waals surface area contributed by atoms with Gasteiger partial charge in [0.15, 0.2) is 6.10 Å². The number of rotatable bonds is 9. The van der Waals surface area contributed by atoms with Crippen LogP contribution in [0.25, 0.3) is 6.08 Å². The van der Waals surface area contributed by atoms with E-state index in [0.29, 0.717) is 34.5 Å². The maximum Gasteiger partial charge on any atom is 0.331 e. The van der Waals surface area contributed by atoms with Gasteiger partial charge >= 0.3 is 5.97 Å². The van der Waals surface area contributed by atoms with Crippen molar-refractivity contribution in [3.05, 3.63) is 87.2 Å². The Morgan fingerprint density at radius 3 is 2.53 bits per heavy atom. The number of carbonyl (C=O) groups is 2. The molecule has 0 bridgehead atoms. The Labute approximate surface area is 208 Å². The number of carbonyl (C=O) groups excluding carboxylic acids is 2. The summed E-state index contributed by atoms with van der Waals surface area (Å²) >= 11 is 12.7. The topological polar surface area (TPSA) is 82.4 Å². The van der Waals surface area contributed by atoms with Gasteiger partial charge in [0.25, 0.3) is 5.91 Å². The third kappa shape index (κ3) is 6.62. The Hall–Kier alpha value is -3.29. The molecule has 1 amide bonds. The highest BCUT2D eigenvalue weighted by Crippen LogP contribution is 2.24. The minimum absolute atomic E-state index is 0.306. The second-order valence-corrected chi connectivity index (χ2v) is 8.28. The molecule has 0 aliphatic carbocycles. The van der Waals surface area contributed by atoms with Gasteiger partial charge in [-0.3, -0.25) is 4.79 Å². The number of aryl methyl sites for hydroxylation is 1. The van der Waals surface area contributed by atoms with Crippen molar-refractivity contribution in [2.24, 2.45) is 0 Å². The van der Waals surface area contributed by atoms with Crippen LogP contribution in [0, 0.1) is 6.92 Å². The van der Waals surface area contributed by atoms with Crippen molar-refractivity contribution >= 4 is 41.2 Å². The number of benzene rings is 2. The first-order chi connectivity index (χ1) is 16.3. The summed E-state index contributed by atoms with van der Waals surface area (Å²) < 4.78 is 11.9. The number of amides is 1. The molecule has 1 aromatic heterocycles. The Balaban J connectivity index is 1.56. The Kier molecular flexibility index (Phi) is 8.73. The maximum absolute atomic E-state index is 12.3. The lowest BCUT2D eigenvalue weighted by Crippen LogP contribution is -2.35. The van der Waals surface area contributed by atoms with Gasteiger partial charge in [0.1, 0.15) is 10.9 Å². The summed E-state index contributed by atoms with van der Waals surface area (Å²) in [5.41, 5.74) is 3.00. The molecular weight excluding hydrogens is 477 g/mol. The molecule has 0 aliphatic rings. The van der Waals surface area contributed by atoms with Crippen LogP contribution in [0.2, 0.25) is 10.2 Å². The number of ether oxygens (including phenoxy) is 2. The van der Waals surface area contributed by atoms with E-state index < -0.39 is 18.0 Å². The molecule has 2 aromatic carbocycles. The average molecular weight is 502 g/mol. The fourth-order valence-electron chi connectivity index (χ4n) is 3.14. The monoisotopic (exact) mass is 501 g/mol. The second-order valence-electron chi connectivity index (χ2n) is 7.52. The minimum Gasteiger partial charge on any atom is -0.497 e. The van der Waals surface area contributed by atoms with Gasteiger partial charge in [-0.1, -0.05) is 53.5 Å². The molecule has 34 heavy (non-hydrogen) atoms. The molecule has 178 valence electrons. The molecule has 1 N–H and O–H groups in total. The Bertz CT molecular complexity index is 1190. The van der Waals surface area contributed by atoms with Crippen LogP contribution in [0.3, 0.4) is 0 Å². The molecule has 7 nitrogen and oxygen atoms in total. The molecule has 0 aliphatic heterocycles. The van der Waals surface area contributed by atoms with E-state index in [-0.39, 0.29) is 0 Å². The molecule has 0 saturated carbocycles. The highest BCUT2D eigenvalue weighted by Gasteiger charge is 2.17. The number of nitrogens with zero attached hydrogens (tertiary/aromatic N) is 2. The fourth-order valence-corrected chi connectivity index (χ4v) is 3.64. The predicted octanol–water partition coefficient (Wildman–Crippen LogP) is 4.82. The molecule has 3 rings (SSSR count). The first-order valence-corrected chi connectivity index (χ1v) is 11.3. The van der Waals surface area contributed by atoms with Crippen molar-refractivity contribution in [1.82, 2.24) is 15.1 Å². The number of aromatic nitrogens is 2. The van der Waals surface area contributed by atoms with Crippen LogP contribution < -0.4 is 10.1 Å². The molecule has 1 atom stereocenters. The van der Waals surface area contributed by atoms with Crippen LogP contribution in [0.4, 0.5) is 0 Å². The number of halogens is 2. The van der Waals surface area contributed by atoms with Crippen LogP contribution in [-0.4, -0.2) is 34.9 Å². The van der Waals surface area contributed by atoms with Gasteiger partial charge < -0.3 is 14.8 Å². The predicted molar refractivity (Wildman–Crippen MR) is 132 cm³/mol. The van der Waals surface area contributed by atoms with Gasteiger partial charge in [0.05, 0.1) is 19.3 Å². The summed E-state index contributed by atoms with van der Waals surface area (Å²) in [6, 6.07) is 14.7. The van der Waals surface area contributed by atoms with Crippen LogP contribution in [-0.2, 0) is 27.4 Å². The fraction of sp³-hybridized carbons (Fsp3) is 0.240. The smallest absolute Gasteiger partial charge is 0.331 e. The van der Waals surface area contributed by atoms with Gasteiger partial charge in [0, 0.05) is 23.2 Å². The van der Waals surface area contributed by atoms with Gasteiger partial charge in [-0.2, -0.15) is 5.10 Å². The summed E-state index contributed by atoms with van der Waals surface area (Å²) in [6.45, 7) is 3.99. The zero-order chi connectivity index (χ0) is 24.7. The summed E-state index contributed by atoms with van der Waals surface area (Å²) in [4.78, 5) is 24.5. The summed E-state index contributed by atoms with van der Waals surface area (Å²) in [5, 5.41) is 8.15. The zero-order valence-electron chi connectivity index (χ0n) is 19.0. The quantitative estimate of drug-likeness (QED) is 0.335. The van der Waals surface area contributed by atoms with Gasteiger partial charge in [0.2, 0.25) is 0 Å². The number of hydrogen-bond donors (Lipinski definition) is 1. The van der Waals surface area contributed by atoms with Crippen molar-refractivity contribution in [3.8, 4) is 5.75 Å². The molecule has 0 unspecified atom stereocenters. The van der Waals surface area contributed by atoms with Crippen molar-refractivity contribution in [2.75, 3.05) is 7.11 Å². The van der Waals surface area contributed by atoms with Crippen LogP contribution >= 0.6 is 23.2 Å². The van der Waals surface area contributed by atoms with E-state index in [4.69, 9.17) is 32.7 Å². The molecule has 1 heterocycles. The van der Waals surface area contributed by atoms with Crippen molar-refractivity contribution in [3.63, 3.8) is 0 Å². The van der Waals surface area contributed by atoms with Gasteiger partial charge in [-0.05, 0) is 49.2 Å². The molecule has 0 saturated heterocycles. The number of hydrogen-bond acceptors (Lipinski definition) is 5. The van der Waals surface area contributed by atoms with E-state index in [0.717, 1.165) is 16.9 Å². The number of esters is 1. The molecule has 0 spiro atoms. The first-order valence-electron chi connectivity index (χ1n) is 10.5. The van der Waals surface area contributed by atoms with E-state index >= 15 is 0 Å². The van der Waals surface area contributed by atoms with E-state index in [1.54, 1.807) is 36.9 Å². The molecule has 0 fully saturated rings. The van der Waals surface area contributed by atoms with Gasteiger partial charge in [-0.15, -0.1) is 0 Å². The highest BCUT2D eigenvalue weighted by atomic mass is 35.5.